The molecule has 0 aliphatic rings. The van der Waals surface area contributed by atoms with Crippen molar-refractivity contribution in [2.45, 2.75) is 0 Å². The summed E-state index contributed by atoms with van der Waals surface area (Å²) in [7, 11) is 2.96. The minimum absolute atomic E-state index is 0.272. The van der Waals surface area contributed by atoms with Gasteiger partial charge in [0.05, 0.1) is 14.2 Å². The molecular weight excluding hydrogens is 334 g/mol. The van der Waals surface area contributed by atoms with E-state index in [1.54, 1.807) is 30.3 Å². The summed E-state index contributed by atoms with van der Waals surface area (Å²) in [6.45, 7) is 0. The predicted molar refractivity (Wildman–Crippen MR) is 90.6 cm³/mol. The molecular formula is C16H16ClN3O4. The Labute approximate surface area is 143 Å². The average molecular weight is 350 g/mol. The third-order valence-corrected chi connectivity index (χ3v) is 3.22. The molecule has 24 heavy (non-hydrogen) atoms. The standard InChI is InChI=1S/C16H16ClN3O4/c1-23-13-6-10(7-14(9-13)24-2)15(21)19-20-16(22)18-12-5-3-4-11(17)8-12/h3-9H,1-2H3,(H,19,21)(H2,18,20,22). The van der Waals surface area contributed by atoms with E-state index in [2.05, 4.69) is 16.2 Å². The van der Waals surface area contributed by atoms with E-state index in [1.807, 2.05) is 0 Å². The zero-order valence-electron chi connectivity index (χ0n) is 13.1. The van der Waals surface area contributed by atoms with Gasteiger partial charge >= 0.3 is 6.03 Å². The lowest BCUT2D eigenvalue weighted by Gasteiger charge is -2.11. The molecule has 0 saturated carbocycles. The van der Waals surface area contributed by atoms with Crippen molar-refractivity contribution in [3.63, 3.8) is 0 Å². The Kier molecular flexibility index (Phi) is 5.86. The molecule has 0 radical (unpaired) electrons. The van der Waals surface area contributed by atoms with Crippen molar-refractivity contribution in [1.82, 2.24) is 10.9 Å². The quantitative estimate of drug-likeness (QED) is 0.740. The van der Waals surface area contributed by atoms with Crippen LogP contribution in [0.2, 0.25) is 5.02 Å². The molecule has 3 N–H and O–H groups in total. The first-order valence-corrected chi connectivity index (χ1v) is 7.25. The smallest absolute Gasteiger partial charge is 0.337 e. The maximum absolute atomic E-state index is 12.1. The normalized spacial score (nSPS) is 9.79. The SMILES string of the molecule is COc1cc(OC)cc(C(=O)NNC(=O)Nc2cccc(Cl)c2)c1. The van der Waals surface area contributed by atoms with Gasteiger partial charge in [0.2, 0.25) is 0 Å². The fourth-order valence-corrected chi connectivity index (χ4v) is 2.04. The number of halogens is 1. The number of benzene rings is 2. The summed E-state index contributed by atoms with van der Waals surface area (Å²) in [6.07, 6.45) is 0. The Bertz CT molecular complexity index is 730. The van der Waals surface area contributed by atoms with Gasteiger partial charge in [-0.2, -0.15) is 0 Å². The van der Waals surface area contributed by atoms with Crippen LogP contribution in [0.15, 0.2) is 42.5 Å². The van der Waals surface area contributed by atoms with Crippen LogP contribution in [-0.4, -0.2) is 26.2 Å². The maximum atomic E-state index is 12.1. The summed E-state index contributed by atoms with van der Waals surface area (Å²) in [6, 6.07) is 10.7. The number of urea groups is 1. The summed E-state index contributed by atoms with van der Waals surface area (Å²) < 4.78 is 10.2. The van der Waals surface area contributed by atoms with Crippen LogP contribution in [0.4, 0.5) is 10.5 Å². The highest BCUT2D eigenvalue weighted by Crippen LogP contribution is 2.22. The van der Waals surface area contributed by atoms with Crippen LogP contribution in [0.3, 0.4) is 0 Å². The van der Waals surface area contributed by atoms with Gasteiger partial charge in [-0.3, -0.25) is 10.2 Å². The van der Waals surface area contributed by atoms with E-state index in [-0.39, 0.29) is 5.56 Å². The van der Waals surface area contributed by atoms with E-state index in [0.29, 0.717) is 22.2 Å². The van der Waals surface area contributed by atoms with Crippen LogP contribution < -0.4 is 25.6 Å². The van der Waals surface area contributed by atoms with Gasteiger partial charge in [-0.1, -0.05) is 17.7 Å². The highest BCUT2D eigenvalue weighted by atomic mass is 35.5. The summed E-state index contributed by atoms with van der Waals surface area (Å²) in [5, 5.41) is 3.02. The van der Waals surface area contributed by atoms with Crippen molar-refractivity contribution in [3.8, 4) is 11.5 Å². The lowest BCUT2D eigenvalue weighted by Crippen LogP contribution is -2.43. The number of anilines is 1. The van der Waals surface area contributed by atoms with E-state index < -0.39 is 11.9 Å². The molecule has 3 amide bonds. The topological polar surface area (TPSA) is 88.7 Å². The van der Waals surface area contributed by atoms with Crippen molar-refractivity contribution in [2.24, 2.45) is 0 Å². The van der Waals surface area contributed by atoms with E-state index >= 15 is 0 Å². The highest BCUT2D eigenvalue weighted by molar-refractivity contribution is 6.30. The van der Waals surface area contributed by atoms with Crippen LogP contribution >= 0.6 is 11.6 Å². The number of carbonyl (C=O) groups excluding carboxylic acids is 2. The molecule has 0 aliphatic carbocycles. The molecule has 8 heteroatoms. The lowest BCUT2D eigenvalue weighted by atomic mass is 10.2. The van der Waals surface area contributed by atoms with Gasteiger partial charge in [0.1, 0.15) is 11.5 Å². The number of carbonyl (C=O) groups is 2. The molecule has 0 spiro atoms. The van der Waals surface area contributed by atoms with Gasteiger partial charge in [0.25, 0.3) is 5.91 Å². The van der Waals surface area contributed by atoms with Crippen LogP contribution in [0.25, 0.3) is 0 Å². The van der Waals surface area contributed by atoms with E-state index in [4.69, 9.17) is 21.1 Å². The summed E-state index contributed by atoms with van der Waals surface area (Å²) in [4.78, 5) is 23.9. The van der Waals surface area contributed by atoms with E-state index in [9.17, 15) is 9.59 Å². The van der Waals surface area contributed by atoms with Gasteiger partial charge in [-0.05, 0) is 30.3 Å². The van der Waals surface area contributed by atoms with Gasteiger partial charge in [-0.15, -0.1) is 0 Å². The molecule has 2 aromatic rings. The molecule has 0 aliphatic heterocycles. The second-order valence-corrected chi connectivity index (χ2v) is 5.08. The number of ether oxygens (including phenoxy) is 2. The molecule has 0 heterocycles. The number of nitrogens with one attached hydrogen (secondary N) is 3. The first kappa shape index (κ1) is 17.4. The van der Waals surface area contributed by atoms with E-state index in [1.165, 1.54) is 26.4 Å². The maximum Gasteiger partial charge on any atom is 0.337 e. The molecule has 0 saturated heterocycles. The second-order valence-electron chi connectivity index (χ2n) is 4.64. The molecule has 0 fully saturated rings. The fraction of sp³-hybridized carbons (Fsp3) is 0.125. The zero-order chi connectivity index (χ0) is 17.5. The van der Waals surface area contributed by atoms with Crippen LogP contribution in [-0.2, 0) is 0 Å². The average Bonchev–Trinajstić information content (AvgIpc) is 2.59. The minimum Gasteiger partial charge on any atom is -0.497 e. The van der Waals surface area contributed by atoms with Crippen LogP contribution in [0.1, 0.15) is 10.4 Å². The molecule has 0 aromatic heterocycles. The van der Waals surface area contributed by atoms with Crippen LogP contribution in [0.5, 0.6) is 11.5 Å². The third kappa shape index (κ3) is 4.79. The zero-order valence-corrected chi connectivity index (χ0v) is 13.8. The third-order valence-electron chi connectivity index (χ3n) is 2.99. The highest BCUT2D eigenvalue weighted by Gasteiger charge is 2.11. The van der Waals surface area contributed by atoms with Crippen molar-refractivity contribution >= 4 is 29.2 Å². The minimum atomic E-state index is -0.611. The summed E-state index contributed by atoms with van der Waals surface area (Å²) in [5.74, 6) is 0.402. The number of hydrogen-bond acceptors (Lipinski definition) is 4. The molecule has 2 rings (SSSR count). The fourth-order valence-electron chi connectivity index (χ4n) is 1.85. The first-order valence-electron chi connectivity index (χ1n) is 6.88. The van der Waals surface area contributed by atoms with Crippen molar-refractivity contribution < 1.29 is 19.1 Å². The number of methoxy groups -OCH3 is 2. The predicted octanol–water partition coefficient (Wildman–Crippen LogP) is 2.82. The molecule has 0 bridgehead atoms. The molecule has 2 aromatic carbocycles. The van der Waals surface area contributed by atoms with Crippen molar-refractivity contribution in [1.29, 1.82) is 0 Å². The van der Waals surface area contributed by atoms with Gasteiger partial charge in [0, 0.05) is 22.3 Å². The largest absolute Gasteiger partial charge is 0.497 e. The Morgan fingerprint density at radius 3 is 2.21 bits per heavy atom. The Hall–Kier alpha value is -2.93. The van der Waals surface area contributed by atoms with Crippen LogP contribution in [0, 0.1) is 0 Å². The summed E-state index contributed by atoms with van der Waals surface area (Å²) in [5.41, 5.74) is 5.31. The number of hydrazine groups is 1. The Balaban J connectivity index is 1.96. The van der Waals surface area contributed by atoms with Gasteiger partial charge in [0.15, 0.2) is 0 Å². The van der Waals surface area contributed by atoms with Gasteiger partial charge in [-0.25, -0.2) is 10.2 Å². The molecule has 7 nitrogen and oxygen atoms in total. The van der Waals surface area contributed by atoms with E-state index in [0.717, 1.165) is 0 Å². The Morgan fingerprint density at radius 1 is 0.958 bits per heavy atom. The monoisotopic (exact) mass is 349 g/mol. The number of hydrogen-bond donors (Lipinski definition) is 3. The molecule has 126 valence electrons. The van der Waals surface area contributed by atoms with Crippen molar-refractivity contribution in [2.75, 3.05) is 19.5 Å². The van der Waals surface area contributed by atoms with Crippen molar-refractivity contribution in [3.05, 3.63) is 53.1 Å². The lowest BCUT2D eigenvalue weighted by molar-refractivity contribution is 0.0937. The second kappa shape index (κ2) is 8.07. The first-order chi connectivity index (χ1) is 11.5. The Morgan fingerprint density at radius 2 is 1.62 bits per heavy atom. The van der Waals surface area contributed by atoms with Gasteiger partial charge < -0.3 is 14.8 Å². The molecule has 0 atom stereocenters. The molecule has 0 unspecified atom stereocenters. The number of rotatable bonds is 4. The number of amides is 3. The summed E-state index contributed by atoms with van der Waals surface area (Å²) >= 11 is 5.83.